The first kappa shape index (κ1) is 15.8. The monoisotopic (exact) mass is 318 g/mol. The maximum atomic E-state index is 12.1. The van der Waals surface area contributed by atoms with Crippen LogP contribution >= 0.6 is 0 Å². The van der Waals surface area contributed by atoms with Crippen LogP contribution in [-0.2, 0) is 6.42 Å². The van der Waals surface area contributed by atoms with E-state index in [-0.39, 0.29) is 11.8 Å². The predicted octanol–water partition coefficient (Wildman–Crippen LogP) is 2.61. The third-order valence-electron chi connectivity index (χ3n) is 3.93. The van der Waals surface area contributed by atoms with Crippen molar-refractivity contribution < 1.29 is 4.79 Å². The molecule has 0 aliphatic carbocycles. The molecule has 3 aromatic heterocycles. The van der Waals surface area contributed by atoms with E-state index in [4.69, 9.17) is 0 Å². The molecule has 0 saturated carbocycles. The second-order valence-corrected chi connectivity index (χ2v) is 5.42. The Balaban J connectivity index is 2.01. The summed E-state index contributed by atoms with van der Waals surface area (Å²) in [6.45, 7) is 0. The lowest BCUT2D eigenvalue weighted by Crippen LogP contribution is -2.22. The normalized spacial score (nSPS) is 10.6. The van der Waals surface area contributed by atoms with Gasteiger partial charge in [-0.15, -0.1) is 0 Å². The average Bonchev–Trinajstić information content (AvgIpc) is 2.67. The first-order valence-corrected chi connectivity index (χ1v) is 7.75. The maximum Gasteiger partial charge on any atom is 0.269 e. The second kappa shape index (κ2) is 7.46. The topological polar surface area (TPSA) is 67.8 Å². The summed E-state index contributed by atoms with van der Waals surface area (Å²) in [4.78, 5) is 24.8. The van der Waals surface area contributed by atoms with Crippen molar-refractivity contribution in [2.45, 2.75) is 12.3 Å². The smallest absolute Gasteiger partial charge is 0.269 e. The molecule has 0 aromatic carbocycles. The van der Waals surface area contributed by atoms with Crippen LogP contribution in [0.5, 0.6) is 0 Å². The minimum absolute atomic E-state index is 0.0556. The number of amides is 1. The lowest BCUT2D eigenvalue weighted by atomic mass is 9.87. The Morgan fingerprint density at radius 3 is 2.17 bits per heavy atom. The predicted molar refractivity (Wildman–Crippen MR) is 91.6 cm³/mol. The Kier molecular flexibility index (Phi) is 4.91. The number of rotatable bonds is 5. The molecule has 0 radical (unpaired) electrons. The van der Waals surface area contributed by atoms with E-state index >= 15 is 0 Å². The van der Waals surface area contributed by atoms with Crippen LogP contribution in [0.4, 0.5) is 0 Å². The van der Waals surface area contributed by atoms with Gasteiger partial charge in [-0.25, -0.2) is 0 Å². The van der Waals surface area contributed by atoms with Gasteiger partial charge in [0.05, 0.1) is 0 Å². The fourth-order valence-electron chi connectivity index (χ4n) is 2.74. The van der Waals surface area contributed by atoms with Gasteiger partial charge in [0.15, 0.2) is 0 Å². The zero-order chi connectivity index (χ0) is 16.8. The summed E-state index contributed by atoms with van der Waals surface area (Å²) in [5, 5.41) is 2.65. The van der Waals surface area contributed by atoms with E-state index in [1.54, 1.807) is 25.6 Å². The molecule has 0 bridgehead atoms. The third kappa shape index (κ3) is 3.46. The molecule has 0 aliphatic heterocycles. The van der Waals surface area contributed by atoms with Crippen molar-refractivity contribution >= 4 is 5.91 Å². The Morgan fingerprint density at radius 2 is 1.62 bits per heavy atom. The van der Waals surface area contributed by atoms with Gasteiger partial charge in [0.2, 0.25) is 0 Å². The molecule has 120 valence electrons. The lowest BCUT2D eigenvalue weighted by Gasteiger charge is -2.18. The van der Waals surface area contributed by atoms with E-state index in [1.807, 2.05) is 48.8 Å². The summed E-state index contributed by atoms with van der Waals surface area (Å²) < 4.78 is 0. The van der Waals surface area contributed by atoms with Gasteiger partial charge in [0, 0.05) is 43.9 Å². The van der Waals surface area contributed by atoms with E-state index in [0.29, 0.717) is 12.1 Å². The van der Waals surface area contributed by atoms with Crippen LogP contribution in [0.1, 0.15) is 33.1 Å². The minimum atomic E-state index is -0.179. The number of aromatic nitrogens is 3. The summed E-state index contributed by atoms with van der Waals surface area (Å²) in [5.74, 6) is -0.123. The zero-order valence-electron chi connectivity index (χ0n) is 13.4. The molecule has 3 aromatic rings. The molecule has 0 atom stereocenters. The molecule has 0 spiro atoms. The van der Waals surface area contributed by atoms with Crippen LogP contribution in [0.25, 0.3) is 0 Å². The van der Waals surface area contributed by atoms with Crippen molar-refractivity contribution in [2.75, 3.05) is 7.05 Å². The summed E-state index contributed by atoms with van der Waals surface area (Å²) in [7, 11) is 1.61. The van der Waals surface area contributed by atoms with Crippen molar-refractivity contribution in [2.24, 2.45) is 0 Å². The number of nitrogens with one attached hydrogen (secondary N) is 1. The number of pyridine rings is 3. The Bertz CT molecular complexity index is 766. The Labute approximate surface area is 140 Å². The molecule has 3 heterocycles. The molecular formula is C19H18N4O. The van der Waals surface area contributed by atoms with E-state index in [0.717, 1.165) is 16.7 Å². The number of hydrogen-bond donors (Lipinski definition) is 1. The van der Waals surface area contributed by atoms with Gasteiger partial charge < -0.3 is 5.32 Å². The molecule has 3 rings (SSSR count). The van der Waals surface area contributed by atoms with Crippen LogP contribution in [0.3, 0.4) is 0 Å². The fraction of sp³-hybridized carbons (Fsp3) is 0.158. The first-order valence-electron chi connectivity index (χ1n) is 7.75. The largest absolute Gasteiger partial charge is 0.354 e. The number of carbonyl (C=O) groups excluding carboxylic acids is 1. The van der Waals surface area contributed by atoms with E-state index < -0.39 is 0 Å². The van der Waals surface area contributed by atoms with Gasteiger partial charge in [-0.1, -0.05) is 18.2 Å². The van der Waals surface area contributed by atoms with Gasteiger partial charge in [-0.3, -0.25) is 19.7 Å². The molecule has 0 saturated heterocycles. The molecule has 5 heteroatoms. The van der Waals surface area contributed by atoms with Gasteiger partial charge >= 0.3 is 0 Å². The van der Waals surface area contributed by atoms with Crippen molar-refractivity contribution in [3.05, 3.63) is 89.8 Å². The Hall–Kier alpha value is -3.08. The van der Waals surface area contributed by atoms with Gasteiger partial charge in [-0.05, 0) is 41.3 Å². The molecular weight excluding hydrogens is 300 g/mol. The van der Waals surface area contributed by atoms with Crippen molar-refractivity contribution in [3.8, 4) is 0 Å². The standard InChI is InChI=1S/C19H18N4O/c1-20-19(24)18-14(5-4-10-23-18)11-17(15-6-2-8-21-12-15)16-7-3-9-22-13-16/h2-10,12-13,17H,11H2,1H3,(H,20,24). The van der Waals surface area contributed by atoms with Crippen LogP contribution in [-0.4, -0.2) is 27.9 Å². The average molecular weight is 318 g/mol. The highest BCUT2D eigenvalue weighted by molar-refractivity contribution is 5.93. The minimum Gasteiger partial charge on any atom is -0.354 e. The van der Waals surface area contributed by atoms with Crippen LogP contribution in [0.15, 0.2) is 67.4 Å². The van der Waals surface area contributed by atoms with Crippen LogP contribution in [0, 0.1) is 0 Å². The van der Waals surface area contributed by atoms with E-state index in [2.05, 4.69) is 20.3 Å². The van der Waals surface area contributed by atoms with Crippen molar-refractivity contribution in [3.63, 3.8) is 0 Å². The molecule has 24 heavy (non-hydrogen) atoms. The quantitative estimate of drug-likeness (QED) is 0.785. The molecule has 0 unspecified atom stereocenters. The van der Waals surface area contributed by atoms with Crippen molar-refractivity contribution in [1.29, 1.82) is 0 Å². The lowest BCUT2D eigenvalue weighted by molar-refractivity contribution is 0.0957. The van der Waals surface area contributed by atoms with Crippen LogP contribution < -0.4 is 5.32 Å². The molecule has 0 aliphatic rings. The second-order valence-electron chi connectivity index (χ2n) is 5.42. The summed E-state index contributed by atoms with van der Waals surface area (Å²) in [6, 6.07) is 11.7. The summed E-state index contributed by atoms with van der Waals surface area (Å²) in [5.41, 5.74) is 3.52. The van der Waals surface area contributed by atoms with Gasteiger partial charge in [0.25, 0.3) is 5.91 Å². The number of nitrogens with zero attached hydrogens (tertiary/aromatic N) is 3. The highest BCUT2D eigenvalue weighted by Crippen LogP contribution is 2.28. The summed E-state index contributed by atoms with van der Waals surface area (Å²) in [6.07, 6.45) is 9.50. The van der Waals surface area contributed by atoms with Crippen LogP contribution in [0.2, 0.25) is 0 Å². The number of hydrogen-bond acceptors (Lipinski definition) is 4. The highest BCUT2D eigenvalue weighted by atomic mass is 16.1. The maximum absolute atomic E-state index is 12.1. The zero-order valence-corrected chi connectivity index (χ0v) is 13.4. The first-order chi connectivity index (χ1) is 11.8. The number of carbonyl (C=O) groups is 1. The van der Waals surface area contributed by atoms with Gasteiger partial charge in [-0.2, -0.15) is 0 Å². The summed E-state index contributed by atoms with van der Waals surface area (Å²) >= 11 is 0. The molecule has 1 N–H and O–H groups in total. The molecule has 1 amide bonds. The fourth-order valence-corrected chi connectivity index (χ4v) is 2.74. The molecule has 5 nitrogen and oxygen atoms in total. The van der Waals surface area contributed by atoms with Gasteiger partial charge in [0.1, 0.15) is 5.69 Å². The van der Waals surface area contributed by atoms with Crippen molar-refractivity contribution in [1.82, 2.24) is 20.3 Å². The van der Waals surface area contributed by atoms with E-state index in [9.17, 15) is 4.79 Å². The van der Waals surface area contributed by atoms with E-state index in [1.165, 1.54) is 0 Å². The Morgan fingerprint density at radius 1 is 1.00 bits per heavy atom. The SMILES string of the molecule is CNC(=O)c1ncccc1CC(c1cccnc1)c1cccnc1. The molecule has 0 fully saturated rings. The highest BCUT2D eigenvalue weighted by Gasteiger charge is 2.19. The third-order valence-corrected chi connectivity index (χ3v) is 3.93.